The first kappa shape index (κ1) is 16.4. The van der Waals surface area contributed by atoms with Gasteiger partial charge in [-0.2, -0.15) is 11.3 Å². The number of piperazine rings is 1. The van der Waals surface area contributed by atoms with Crippen molar-refractivity contribution in [3.05, 3.63) is 56.8 Å². The van der Waals surface area contributed by atoms with Crippen LogP contribution in [0, 0.1) is 10.1 Å². The van der Waals surface area contributed by atoms with Gasteiger partial charge in [-0.1, -0.05) is 6.07 Å². The first-order valence-corrected chi connectivity index (χ1v) is 8.86. The summed E-state index contributed by atoms with van der Waals surface area (Å²) < 4.78 is 0. The van der Waals surface area contributed by atoms with Crippen LogP contribution in [0.5, 0.6) is 0 Å². The van der Waals surface area contributed by atoms with E-state index < -0.39 is 0 Å². The Morgan fingerprint density at radius 2 is 2.00 bits per heavy atom. The van der Waals surface area contributed by atoms with Gasteiger partial charge in [-0.05, 0) is 34.9 Å². The van der Waals surface area contributed by atoms with E-state index in [0.29, 0.717) is 32.6 Å². The van der Waals surface area contributed by atoms with Gasteiger partial charge in [0.15, 0.2) is 0 Å². The molecule has 126 valence electrons. The minimum atomic E-state index is -0.381. The van der Waals surface area contributed by atoms with Gasteiger partial charge in [0, 0.05) is 50.4 Å². The summed E-state index contributed by atoms with van der Waals surface area (Å²) in [6.45, 7) is 2.72. The quantitative estimate of drug-likeness (QED) is 0.617. The average Bonchev–Trinajstić information content (AvgIpc) is 3.13. The first-order valence-electron chi connectivity index (χ1n) is 7.92. The topological polar surface area (TPSA) is 66.7 Å². The minimum absolute atomic E-state index is 0.0989. The largest absolute Gasteiger partial charge is 0.368 e. The second kappa shape index (κ2) is 7.44. The number of nitrogens with zero attached hydrogens (tertiary/aromatic N) is 3. The van der Waals surface area contributed by atoms with Crippen LogP contribution in [0.25, 0.3) is 0 Å². The molecule has 0 N–H and O–H groups in total. The highest BCUT2D eigenvalue weighted by atomic mass is 32.1. The van der Waals surface area contributed by atoms with Crippen molar-refractivity contribution in [1.29, 1.82) is 0 Å². The molecule has 1 aromatic heterocycles. The van der Waals surface area contributed by atoms with E-state index in [4.69, 9.17) is 0 Å². The molecule has 1 amide bonds. The molecule has 7 heteroatoms. The number of carbonyl (C=O) groups is 1. The third-order valence-corrected chi connectivity index (χ3v) is 4.98. The lowest BCUT2D eigenvalue weighted by Crippen LogP contribution is -2.48. The summed E-state index contributed by atoms with van der Waals surface area (Å²) in [5.41, 5.74) is 2.15. The lowest BCUT2D eigenvalue weighted by Gasteiger charge is -2.36. The van der Waals surface area contributed by atoms with Crippen LogP contribution in [0.1, 0.15) is 12.0 Å². The molecule has 0 spiro atoms. The highest BCUT2D eigenvalue weighted by Crippen LogP contribution is 2.22. The molecule has 6 nitrogen and oxygen atoms in total. The SMILES string of the molecule is O=C(CCc1ccsc1)N1CCN(c2cccc([N+](=O)[O-])c2)CC1. The highest BCUT2D eigenvalue weighted by molar-refractivity contribution is 7.07. The highest BCUT2D eigenvalue weighted by Gasteiger charge is 2.22. The Kier molecular flexibility index (Phi) is 5.10. The summed E-state index contributed by atoms with van der Waals surface area (Å²) in [4.78, 5) is 26.8. The van der Waals surface area contributed by atoms with Crippen LogP contribution < -0.4 is 4.90 Å². The van der Waals surface area contributed by atoms with E-state index in [1.54, 1.807) is 23.5 Å². The zero-order valence-electron chi connectivity index (χ0n) is 13.3. The van der Waals surface area contributed by atoms with E-state index in [2.05, 4.69) is 16.3 Å². The molecule has 24 heavy (non-hydrogen) atoms. The number of hydrogen-bond donors (Lipinski definition) is 0. The fraction of sp³-hybridized carbons (Fsp3) is 0.353. The molecule has 0 aliphatic carbocycles. The van der Waals surface area contributed by atoms with Gasteiger partial charge >= 0.3 is 0 Å². The molecular formula is C17H19N3O3S. The molecule has 1 saturated heterocycles. The van der Waals surface area contributed by atoms with Crippen LogP contribution in [-0.4, -0.2) is 41.9 Å². The molecule has 0 atom stereocenters. The van der Waals surface area contributed by atoms with E-state index in [1.165, 1.54) is 11.6 Å². The Labute approximate surface area is 144 Å². The van der Waals surface area contributed by atoms with Crippen molar-refractivity contribution in [3.63, 3.8) is 0 Å². The van der Waals surface area contributed by atoms with Crippen molar-refractivity contribution in [3.8, 4) is 0 Å². The van der Waals surface area contributed by atoms with Gasteiger partial charge in [-0.15, -0.1) is 0 Å². The van der Waals surface area contributed by atoms with Crippen LogP contribution in [0.15, 0.2) is 41.1 Å². The predicted molar refractivity (Wildman–Crippen MR) is 94.5 cm³/mol. The summed E-state index contributed by atoms with van der Waals surface area (Å²) in [7, 11) is 0. The fourth-order valence-corrected chi connectivity index (χ4v) is 3.56. The molecule has 1 aliphatic heterocycles. The van der Waals surface area contributed by atoms with Gasteiger partial charge in [0.1, 0.15) is 0 Å². The number of nitro groups is 1. The van der Waals surface area contributed by atoms with E-state index in [9.17, 15) is 14.9 Å². The van der Waals surface area contributed by atoms with Crippen LogP contribution in [0.4, 0.5) is 11.4 Å². The van der Waals surface area contributed by atoms with Crippen molar-refractivity contribution in [2.75, 3.05) is 31.1 Å². The van der Waals surface area contributed by atoms with E-state index in [0.717, 1.165) is 12.1 Å². The molecule has 2 aromatic rings. The molecule has 3 rings (SSSR count). The molecule has 2 heterocycles. The summed E-state index contributed by atoms with van der Waals surface area (Å²) >= 11 is 1.65. The van der Waals surface area contributed by atoms with Gasteiger partial charge in [0.25, 0.3) is 5.69 Å². The van der Waals surface area contributed by atoms with E-state index in [1.807, 2.05) is 16.3 Å². The van der Waals surface area contributed by atoms with Crippen molar-refractivity contribution in [2.45, 2.75) is 12.8 Å². The van der Waals surface area contributed by atoms with Crippen molar-refractivity contribution in [1.82, 2.24) is 4.90 Å². The molecule has 0 saturated carbocycles. The van der Waals surface area contributed by atoms with Crippen LogP contribution in [0.2, 0.25) is 0 Å². The van der Waals surface area contributed by atoms with Crippen molar-refractivity contribution in [2.24, 2.45) is 0 Å². The van der Waals surface area contributed by atoms with Gasteiger partial charge < -0.3 is 9.80 Å². The molecular weight excluding hydrogens is 326 g/mol. The van der Waals surface area contributed by atoms with Gasteiger partial charge in [0.2, 0.25) is 5.91 Å². The van der Waals surface area contributed by atoms with E-state index in [-0.39, 0.29) is 16.5 Å². The molecule has 0 bridgehead atoms. The zero-order valence-corrected chi connectivity index (χ0v) is 14.1. The summed E-state index contributed by atoms with van der Waals surface area (Å²) in [5.74, 6) is 0.180. The number of amides is 1. The van der Waals surface area contributed by atoms with E-state index >= 15 is 0 Å². The fourth-order valence-electron chi connectivity index (χ4n) is 2.86. The molecule has 1 fully saturated rings. The number of non-ortho nitro benzene ring substituents is 1. The van der Waals surface area contributed by atoms with Crippen molar-refractivity contribution >= 4 is 28.6 Å². The first-order chi connectivity index (χ1) is 11.6. The van der Waals surface area contributed by atoms with Crippen molar-refractivity contribution < 1.29 is 9.72 Å². The second-order valence-electron chi connectivity index (χ2n) is 5.78. The van der Waals surface area contributed by atoms with Gasteiger partial charge in [0.05, 0.1) is 4.92 Å². The zero-order chi connectivity index (χ0) is 16.9. The standard InChI is InChI=1S/C17H19N3O3S/c21-17(5-4-14-6-11-24-13-14)19-9-7-18(8-10-19)15-2-1-3-16(12-15)20(22)23/h1-3,6,11-13H,4-5,7-10H2. The smallest absolute Gasteiger partial charge is 0.271 e. The van der Waals surface area contributed by atoms with Crippen LogP contribution >= 0.6 is 11.3 Å². The molecule has 1 aliphatic rings. The summed E-state index contributed by atoms with van der Waals surface area (Å²) in [6.07, 6.45) is 1.32. The van der Waals surface area contributed by atoms with Gasteiger partial charge in [-0.25, -0.2) is 0 Å². The third-order valence-electron chi connectivity index (χ3n) is 4.25. The number of rotatable bonds is 5. The predicted octanol–water partition coefficient (Wildman–Crippen LogP) is 2.94. The monoisotopic (exact) mass is 345 g/mol. The Bertz CT molecular complexity index is 710. The summed E-state index contributed by atoms with van der Waals surface area (Å²) in [6, 6.07) is 8.72. The lowest BCUT2D eigenvalue weighted by atomic mass is 10.1. The maximum absolute atomic E-state index is 12.3. The minimum Gasteiger partial charge on any atom is -0.368 e. The van der Waals surface area contributed by atoms with Gasteiger partial charge in [-0.3, -0.25) is 14.9 Å². The molecule has 0 unspecified atom stereocenters. The number of carbonyl (C=O) groups excluding carboxylic acids is 1. The second-order valence-corrected chi connectivity index (χ2v) is 6.56. The number of benzene rings is 1. The Hall–Kier alpha value is -2.41. The number of hydrogen-bond acceptors (Lipinski definition) is 5. The number of anilines is 1. The third kappa shape index (κ3) is 3.91. The Morgan fingerprint density at radius 1 is 1.21 bits per heavy atom. The average molecular weight is 345 g/mol. The Balaban J connectivity index is 1.52. The molecule has 0 radical (unpaired) electrons. The number of nitro benzene ring substituents is 1. The van der Waals surface area contributed by atoms with Crippen LogP contribution in [-0.2, 0) is 11.2 Å². The molecule has 1 aromatic carbocycles. The summed E-state index contributed by atoms with van der Waals surface area (Å²) in [5, 5.41) is 15.0. The normalized spacial score (nSPS) is 14.7. The maximum Gasteiger partial charge on any atom is 0.271 e. The number of aryl methyl sites for hydroxylation is 1. The number of thiophene rings is 1. The van der Waals surface area contributed by atoms with Crippen LogP contribution in [0.3, 0.4) is 0 Å². The Morgan fingerprint density at radius 3 is 2.67 bits per heavy atom. The lowest BCUT2D eigenvalue weighted by molar-refractivity contribution is -0.384. The maximum atomic E-state index is 12.3.